The molecule has 3 rings (SSSR count). The SMILES string of the molecule is CC(N)(C(=O)Nc1ccc(-c2ccn[nH]2)cc1)C1CC1. The van der Waals surface area contributed by atoms with Crippen molar-refractivity contribution in [3.63, 3.8) is 0 Å². The van der Waals surface area contributed by atoms with Crippen LogP contribution in [0.4, 0.5) is 5.69 Å². The van der Waals surface area contributed by atoms with Gasteiger partial charge < -0.3 is 11.1 Å². The molecule has 1 saturated carbocycles. The van der Waals surface area contributed by atoms with E-state index in [2.05, 4.69) is 15.5 Å². The number of carbonyl (C=O) groups is 1. The third kappa shape index (κ3) is 2.44. The highest BCUT2D eigenvalue weighted by Crippen LogP contribution is 2.38. The fourth-order valence-corrected chi connectivity index (χ4v) is 2.28. The molecule has 1 unspecified atom stereocenters. The van der Waals surface area contributed by atoms with Gasteiger partial charge in [-0.05, 0) is 49.4 Å². The summed E-state index contributed by atoms with van der Waals surface area (Å²) in [5.74, 6) is 0.195. The molecule has 2 aromatic rings. The molecule has 4 N–H and O–H groups in total. The van der Waals surface area contributed by atoms with Crippen LogP contribution in [0, 0.1) is 5.92 Å². The highest BCUT2D eigenvalue weighted by atomic mass is 16.2. The Morgan fingerprint density at radius 2 is 2.05 bits per heavy atom. The summed E-state index contributed by atoms with van der Waals surface area (Å²) in [5, 5.41) is 9.71. The Hall–Kier alpha value is -2.14. The number of carbonyl (C=O) groups excluding carboxylic acids is 1. The fourth-order valence-electron chi connectivity index (χ4n) is 2.28. The number of anilines is 1. The van der Waals surface area contributed by atoms with Gasteiger partial charge in [-0.1, -0.05) is 12.1 Å². The van der Waals surface area contributed by atoms with Crippen molar-refractivity contribution in [2.45, 2.75) is 25.3 Å². The lowest BCUT2D eigenvalue weighted by atomic mass is 9.96. The molecule has 104 valence electrons. The average Bonchev–Trinajstić information content (AvgIpc) is 3.17. The van der Waals surface area contributed by atoms with Crippen LogP contribution in [0.5, 0.6) is 0 Å². The summed E-state index contributed by atoms with van der Waals surface area (Å²) in [7, 11) is 0. The molecule has 1 heterocycles. The predicted molar refractivity (Wildman–Crippen MR) is 78.0 cm³/mol. The predicted octanol–water partition coefficient (Wildman–Crippen LogP) is 2.14. The Labute approximate surface area is 117 Å². The molecule has 20 heavy (non-hydrogen) atoms. The van der Waals surface area contributed by atoms with Crippen molar-refractivity contribution in [3.05, 3.63) is 36.5 Å². The first-order valence-corrected chi connectivity index (χ1v) is 6.77. The Bertz CT molecular complexity index is 597. The number of H-pyrrole nitrogens is 1. The second kappa shape index (κ2) is 4.76. The number of hydrogen-bond donors (Lipinski definition) is 3. The lowest BCUT2D eigenvalue weighted by molar-refractivity contribution is -0.121. The number of aromatic amines is 1. The molecule has 5 nitrogen and oxygen atoms in total. The number of nitrogens with two attached hydrogens (primary N) is 1. The van der Waals surface area contributed by atoms with Crippen molar-refractivity contribution in [1.29, 1.82) is 0 Å². The van der Waals surface area contributed by atoms with Crippen molar-refractivity contribution in [1.82, 2.24) is 10.2 Å². The van der Waals surface area contributed by atoms with E-state index in [1.807, 2.05) is 30.3 Å². The molecule has 1 aromatic carbocycles. The summed E-state index contributed by atoms with van der Waals surface area (Å²) in [6.07, 6.45) is 3.79. The van der Waals surface area contributed by atoms with Gasteiger partial charge in [-0.3, -0.25) is 9.89 Å². The molecule has 1 atom stereocenters. The maximum Gasteiger partial charge on any atom is 0.244 e. The molecule has 1 fully saturated rings. The van der Waals surface area contributed by atoms with Gasteiger partial charge in [0.2, 0.25) is 5.91 Å². The third-order valence-electron chi connectivity index (χ3n) is 3.87. The van der Waals surface area contributed by atoms with Crippen LogP contribution in [0.3, 0.4) is 0 Å². The monoisotopic (exact) mass is 270 g/mol. The van der Waals surface area contributed by atoms with E-state index in [-0.39, 0.29) is 5.91 Å². The number of nitrogens with zero attached hydrogens (tertiary/aromatic N) is 1. The van der Waals surface area contributed by atoms with Crippen LogP contribution in [0.2, 0.25) is 0 Å². The van der Waals surface area contributed by atoms with Crippen LogP contribution in [0.1, 0.15) is 19.8 Å². The first kappa shape index (κ1) is 12.9. The van der Waals surface area contributed by atoms with Crippen LogP contribution < -0.4 is 11.1 Å². The number of nitrogens with one attached hydrogen (secondary N) is 2. The van der Waals surface area contributed by atoms with Gasteiger partial charge >= 0.3 is 0 Å². The molecule has 0 aliphatic heterocycles. The Morgan fingerprint density at radius 1 is 1.35 bits per heavy atom. The van der Waals surface area contributed by atoms with E-state index in [4.69, 9.17) is 5.73 Å². The Kier molecular flexibility index (Phi) is 3.06. The van der Waals surface area contributed by atoms with E-state index in [9.17, 15) is 4.79 Å². The van der Waals surface area contributed by atoms with Gasteiger partial charge in [0.25, 0.3) is 0 Å². The molecule has 5 heteroatoms. The minimum atomic E-state index is -0.776. The number of hydrogen-bond acceptors (Lipinski definition) is 3. The van der Waals surface area contributed by atoms with Gasteiger partial charge in [0.15, 0.2) is 0 Å². The van der Waals surface area contributed by atoms with Gasteiger partial charge in [-0.15, -0.1) is 0 Å². The largest absolute Gasteiger partial charge is 0.324 e. The standard InChI is InChI=1S/C15H18N4O/c1-15(16,11-4-5-11)14(20)18-12-6-2-10(3-7-12)13-8-9-17-19-13/h2-3,6-9,11H,4-5,16H2,1H3,(H,17,19)(H,18,20). The topological polar surface area (TPSA) is 83.8 Å². The molecule has 1 amide bonds. The minimum Gasteiger partial charge on any atom is -0.324 e. The van der Waals surface area contributed by atoms with Gasteiger partial charge in [-0.25, -0.2) is 0 Å². The number of aromatic nitrogens is 2. The molecule has 0 radical (unpaired) electrons. The van der Waals surface area contributed by atoms with Crippen LogP contribution in [-0.2, 0) is 4.79 Å². The number of rotatable bonds is 4. The van der Waals surface area contributed by atoms with Gasteiger partial charge in [0, 0.05) is 11.9 Å². The van der Waals surface area contributed by atoms with Crippen LogP contribution in [0.15, 0.2) is 36.5 Å². The summed E-state index contributed by atoms with van der Waals surface area (Å²) < 4.78 is 0. The number of amides is 1. The minimum absolute atomic E-state index is 0.116. The van der Waals surface area contributed by atoms with E-state index in [1.165, 1.54) is 0 Å². The summed E-state index contributed by atoms with van der Waals surface area (Å²) in [5.41, 5.74) is 8.05. The lowest BCUT2D eigenvalue weighted by Gasteiger charge is -2.23. The quantitative estimate of drug-likeness (QED) is 0.796. The highest BCUT2D eigenvalue weighted by Gasteiger charge is 2.44. The van der Waals surface area contributed by atoms with Gasteiger partial charge in [0.05, 0.1) is 11.2 Å². The Balaban J connectivity index is 1.71. The van der Waals surface area contributed by atoms with Crippen LogP contribution in [-0.4, -0.2) is 21.6 Å². The second-order valence-electron chi connectivity index (χ2n) is 5.56. The zero-order chi connectivity index (χ0) is 14.2. The van der Waals surface area contributed by atoms with E-state index in [1.54, 1.807) is 13.1 Å². The smallest absolute Gasteiger partial charge is 0.244 e. The zero-order valence-electron chi connectivity index (χ0n) is 11.4. The van der Waals surface area contributed by atoms with E-state index in [0.29, 0.717) is 5.92 Å². The van der Waals surface area contributed by atoms with Crippen molar-refractivity contribution in [3.8, 4) is 11.3 Å². The molecule has 1 aliphatic rings. The Morgan fingerprint density at radius 3 is 2.60 bits per heavy atom. The van der Waals surface area contributed by atoms with E-state index in [0.717, 1.165) is 29.8 Å². The molecular weight excluding hydrogens is 252 g/mol. The summed E-state index contributed by atoms with van der Waals surface area (Å²) in [6, 6.07) is 9.52. The van der Waals surface area contributed by atoms with Crippen molar-refractivity contribution in [2.75, 3.05) is 5.32 Å². The third-order valence-corrected chi connectivity index (χ3v) is 3.87. The van der Waals surface area contributed by atoms with E-state index >= 15 is 0 Å². The van der Waals surface area contributed by atoms with Crippen LogP contribution >= 0.6 is 0 Å². The van der Waals surface area contributed by atoms with Gasteiger partial charge in [0.1, 0.15) is 0 Å². The summed E-state index contributed by atoms with van der Waals surface area (Å²) in [6.45, 7) is 1.80. The van der Waals surface area contributed by atoms with Gasteiger partial charge in [-0.2, -0.15) is 5.10 Å². The van der Waals surface area contributed by atoms with Crippen molar-refractivity contribution >= 4 is 11.6 Å². The van der Waals surface area contributed by atoms with Crippen molar-refractivity contribution in [2.24, 2.45) is 11.7 Å². The summed E-state index contributed by atoms with van der Waals surface area (Å²) in [4.78, 5) is 12.2. The van der Waals surface area contributed by atoms with Crippen LogP contribution in [0.25, 0.3) is 11.3 Å². The molecular formula is C15H18N4O. The maximum absolute atomic E-state index is 12.2. The second-order valence-corrected chi connectivity index (χ2v) is 5.56. The molecule has 0 spiro atoms. The lowest BCUT2D eigenvalue weighted by Crippen LogP contribution is -2.50. The molecule has 0 bridgehead atoms. The fraction of sp³-hybridized carbons (Fsp3) is 0.333. The summed E-state index contributed by atoms with van der Waals surface area (Å²) >= 11 is 0. The molecule has 0 saturated heterocycles. The van der Waals surface area contributed by atoms with Crippen molar-refractivity contribution < 1.29 is 4.79 Å². The normalized spacial score (nSPS) is 17.5. The maximum atomic E-state index is 12.2. The molecule has 1 aliphatic carbocycles. The number of benzene rings is 1. The first-order chi connectivity index (χ1) is 9.57. The molecule has 1 aromatic heterocycles. The first-order valence-electron chi connectivity index (χ1n) is 6.77. The highest BCUT2D eigenvalue weighted by molar-refractivity contribution is 5.98. The average molecular weight is 270 g/mol. The van der Waals surface area contributed by atoms with E-state index < -0.39 is 5.54 Å². The zero-order valence-corrected chi connectivity index (χ0v) is 11.4.